The molecule has 0 heterocycles. The number of hydrogen-bond donors (Lipinski definition) is 0. The Bertz CT molecular complexity index is 336. The molecule has 0 amide bonds. The largest absolute Gasteiger partial charge is 0.460 e. The van der Waals surface area contributed by atoms with Gasteiger partial charge < -0.3 is 4.74 Å². The number of carbonyl (C=O) groups is 2. The van der Waals surface area contributed by atoms with Gasteiger partial charge in [0.2, 0.25) is 0 Å². The number of ketones is 1. The Morgan fingerprint density at radius 3 is 2.50 bits per heavy atom. The second-order valence-electron chi connectivity index (χ2n) is 6.06. The van der Waals surface area contributed by atoms with Gasteiger partial charge in [-0.2, -0.15) is 0 Å². The minimum Gasteiger partial charge on any atom is -0.460 e. The molecule has 2 atom stereocenters. The van der Waals surface area contributed by atoms with Crippen LogP contribution in [0.3, 0.4) is 0 Å². The summed E-state index contributed by atoms with van der Waals surface area (Å²) >= 11 is 0. The van der Waals surface area contributed by atoms with E-state index in [0.29, 0.717) is 25.2 Å². The van der Waals surface area contributed by atoms with Crippen LogP contribution in [0.5, 0.6) is 0 Å². The summed E-state index contributed by atoms with van der Waals surface area (Å²) in [6, 6.07) is 0. The predicted octanol–water partition coefficient (Wildman–Crippen LogP) is 3.28. The average Bonchev–Trinajstić information content (AvgIpc) is 2.52. The fourth-order valence-electron chi connectivity index (χ4n) is 2.42. The molecule has 0 aliphatic heterocycles. The van der Waals surface area contributed by atoms with Crippen molar-refractivity contribution in [2.75, 3.05) is 0 Å². The highest BCUT2D eigenvalue weighted by Crippen LogP contribution is 2.35. The zero-order chi connectivity index (χ0) is 13.8. The highest BCUT2D eigenvalue weighted by atomic mass is 16.6. The number of esters is 1. The van der Waals surface area contributed by atoms with E-state index in [9.17, 15) is 9.59 Å². The van der Waals surface area contributed by atoms with Gasteiger partial charge in [-0.25, -0.2) is 0 Å². The maximum Gasteiger partial charge on any atom is 0.306 e. The highest BCUT2D eigenvalue weighted by molar-refractivity contribution is 5.82. The third-order valence-corrected chi connectivity index (χ3v) is 3.17. The third kappa shape index (κ3) is 5.03. The SMILES string of the molecule is C/C=C\CC1CC(=O)CC1CC(=O)OC(C)(C)C. The Balaban J connectivity index is 2.53. The number of carbonyl (C=O) groups excluding carboxylic acids is 2. The summed E-state index contributed by atoms with van der Waals surface area (Å²) < 4.78 is 5.32. The van der Waals surface area contributed by atoms with Crippen LogP contribution in [0.2, 0.25) is 0 Å². The molecular formula is C15H24O3. The number of hydrogen-bond acceptors (Lipinski definition) is 3. The van der Waals surface area contributed by atoms with Gasteiger partial charge in [-0.3, -0.25) is 9.59 Å². The summed E-state index contributed by atoms with van der Waals surface area (Å²) in [5, 5.41) is 0. The lowest BCUT2D eigenvalue weighted by Crippen LogP contribution is -2.26. The molecule has 1 rings (SSSR count). The van der Waals surface area contributed by atoms with Crippen LogP contribution in [0.15, 0.2) is 12.2 Å². The van der Waals surface area contributed by atoms with Crippen LogP contribution in [0.1, 0.15) is 53.4 Å². The maximum absolute atomic E-state index is 11.8. The molecule has 0 radical (unpaired) electrons. The smallest absolute Gasteiger partial charge is 0.306 e. The maximum atomic E-state index is 11.8. The molecule has 1 aliphatic rings. The minimum atomic E-state index is -0.446. The summed E-state index contributed by atoms with van der Waals surface area (Å²) in [5.41, 5.74) is -0.446. The van der Waals surface area contributed by atoms with Gasteiger partial charge in [-0.1, -0.05) is 12.2 Å². The molecular weight excluding hydrogens is 228 g/mol. The van der Waals surface area contributed by atoms with E-state index in [1.54, 1.807) is 0 Å². The molecule has 0 aromatic rings. The molecule has 102 valence electrons. The molecule has 1 fully saturated rings. The number of Topliss-reactive ketones (excluding diaryl/α,β-unsaturated/α-hetero) is 1. The van der Waals surface area contributed by atoms with Gasteiger partial charge >= 0.3 is 5.97 Å². The van der Waals surface area contributed by atoms with Crippen LogP contribution in [0, 0.1) is 11.8 Å². The molecule has 0 N–H and O–H groups in total. The monoisotopic (exact) mass is 252 g/mol. The van der Waals surface area contributed by atoms with E-state index in [1.807, 2.05) is 33.8 Å². The Kier molecular flexibility index (Phi) is 5.12. The van der Waals surface area contributed by atoms with Crippen molar-refractivity contribution in [1.82, 2.24) is 0 Å². The fraction of sp³-hybridized carbons (Fsp3) is 0.733. The van der Waals surface area contributed by atoms with Gasteiger partial charge in [0, 0.05) is 19.3 Å². The summed E-state index contributed by atoms with van der Waals surface area (Å²) in [5.74, 6) is 0.551. The molecule has 2 unspecified atom stereocenters. The fourth-order valence-corrected chi connectivity index (χ4v) is 2.42. The molecule has 18 heavy (non-hydrogen) atoms. The zero-order valence-corrected chi connectivity index (χ0v) is 11.9. The first-order valence-corrected chi connectivity index (χ1v) is 6.66. The Morgan fingerprint density at radius 2 is 1.94 bits per heavy atom. The van der Waals surface area contributed by atoms with Crippen LogP contribution in [-0.4, -0.2) is 17.4 Å². The van der Waals surface area contributed by atoms with Gasteiger partial charge in [-0.05, 0) is 46.0 Å². The van der Waals surface area contributed by atoms with Crippen molar-refractivity contribution in [2.24, 2.45) is 11.8 Å². The van der Waals surface area contributed by atoms with E-state index >= 15 is 0 Å². The van der Waals surface area contributed by atoms with Crippen molar-refractivity contribution in [1.29, 1.82) is 0 Å². The van der Waals surface area contributed by atoms with Crippen molar-refractivity contribution >= 4 is 11.8 Å². The van der Waals surface area contributed by atoms with Crippen LogP contribution in [0.4, 0.5) is 0 Å². The Hall–Kier alpha value is -1.12. The van der Waals surface area contributed by atoms with Crippen molar-refractivity contribution in [3.63, 3.8) is 0 Å². The van der Waals surface area contributed by atoms with Crippen molar-refractivity contribution in [3.8, 4) is 0 Å². The highest BCUT2D eigenvalue weighted by Gasteiger charge is 2.34. The van der Waals surface area contributed by atoms with E-state index in [1.165, 1.54) is 0 Å². The van der Waals surface area contributed by atoms with Gasteiger partial charge in [0.05, 0.1) is 0 Å². The van der Waals surface area contributed by atoms with Crippen molar-refractivity contribution in [2.45, 2.75) is 59.0 Å². The minimum absolute atomic E-state index is 0.156. The predicted molar refractivity (Wildman–Crippen MR) is 71.1 cm³/mol. The normalized spacial score (nSPS) is 24.8. The molecule has 1 saturated carbocycles. The van der Waals surface area contributed by atoms with Gasteiger partial charge in [0.25, 0.3) is 0 Å². The molecule has 0 spiro atoms. The molecule has 3 heteroatoms. The number of ether oxygens (including phenoxy) is 1. The third-order valence-electron chi connectivity index (χ3n) is 3.17. The van der Waals surface area contributed by atoms with E-state index < -0.39 is 5.60 Å². The standard InChI is InChI=1S/C15H24O3/c1-5-6-7-11-8-13(16)9-12(11)10-14(17)18-15(2,3)4/h5-6,11-12H,7-10H2,1-4H3/b6-5-. The van der Waals surface area contributed by atoms with Gasteiger partial charge in [0.15, 0.2) is 0 Å². The average molecular weight is 252 g/mol. The first-order chi connectivity index (χ1) is 8.31. The summed E-state index contributed by atoms with van der Waals surface area (Å²) in [6.07, 6.45) is 6.46. The summed E-state index contributed by atoms with van der Waals surface area (Å²) in [6.45, 7) is 7.56. The molecule has 1 aliphatic carbocycles. The molecule has 0 bridgehead atoms. The second kappa shape index (κ2) is 6.17. The number of rotatable bonds is 4. The van der Waals surface area contributed by atoms with Crippen LogP contribution >= 0.6 is 0 Å². The lowest BCUT2D eigenvalue weighted by molar-refractivity contribution is -0.156. The zero-order valence-electron chi connectivity index (χ0n) is 11.9. The Labute approximate surface area is 110 Å². The van der Waals surface area contributed by atoms with E-state index in [-0.39, 0.29) is 17.7 Å². The first-order valence-electron chi connectivity index (χ1n) is 6.66. The van der Waals surface area contributed by atoms with Crippen LogP contribution in [0.25, 0.3) is 0 Å². The summed E-state index contributed by atoms with van der Waals surface area (Å²) in [7, 11) is 0. The Morgan fingerprint density at radius 1 is 1.33 bits per heavy atom. The van der Waals surface area contributed by atoms with E-state index in [2.05, 4.69) is 6.08 Å². The van der Waals surface area contributed by atoms with E-state index in [4.69, 9.17) is 4.74 Å². The topological polar surface area (TPSA) is 43.4 Å². The summed E-state index contributed by atoms with van der Waals surface area (Å²) in [4.78, 5) is 23.3. The lowest BCUT2D eigenvalue weighted by Gasteiger charge is -2.22. The van der Waals surface area contributed by atoms with E-state index in [0.717, 1.165) is 6.42 Å². The van der Waals surface area contributed by atoms with Crippen molar-refractivity contribution < 1.29 is 14.3 Å². The van der Waals surface area contributed by atoms with Gasteiger partial charge in [-0.15, -0.1) is 0 Å². The lowest BCUT2D eigenvalue weighted by atomic mass is 9.90. The van der Waals surface area contributed by atoms with Crippen molar-refractivity contribution in [3.05, 3.63) is 12.2 Å². The first kappa shape index (κ1) is 14.9. The molecule has 0 aromatic carbocycles. The molecule has 3 nitrogen and oxygen atoms in total. The molecule has 0 saturated heterocycles. The van der Waals surface area contributed by atoms with Crippen LogP contribution in [-0.2, 0) is 14.3 Å². The van der Waals surface area contributed by atoms with Crippen LogP contribution < -0.4 is 0 Å². The number of allylic oxidation sites excluding steroid dienone is 2. The molecule has 0 aromatic heterocycles. The second-order valence-corrected chi connectivity index (χ2v) is 6.06. The quantitative estimate of drug-likeness (QED) is 0.569. The van der Waals surface area contributed by atoms with Gasteiger partial charge in [0.1, 0.15) is 11.4 Å².